The molecule has 2 amide bonds. The third-order valence-electron chi connectivity index (χ3n) is 4.39. The smallest absolute Gasteiger partial charge is 0.240 e. The number of hydrogen-bond donors (Lipinski definition) is 2. The van der Waals surface area contributed by atoms with E-state index < -0.39 is 17.0 Å². The molecular formula is C20H23FN4O2S. The fourth-order valence-corrected chi connectivity index (χ4v) is 4.30. The number of nitrogens with one attached hydrogen (secondary N) is 2. The highest BCUT2D eigenvalue weighted by molar-refractivity contribution is 8.15. The van der Waals surface area contributed by atoms with Gasteiger partial charge in [-0.25, -0.2) is 4.39 Å². The van der Waals surface area contributed by atoms with Crippen LogP contribution < -0.4 is 10.6 Å². The van der Waals surface area contributed by atoms with Crippen LogP contribution in [0.3, 0.4) is 0 Å². The number of benzene rings is 1. The van der Waals surface area contributed by atoms with E-state index in [4.69, 9.17) is 0 Å². The van der Waals surface area contributed by atoms with Crippen LogP contribution in [-0.4, -0.2) is 27.9 Å². The molecule has 0 saturated carbocycles. The number of allylic oxidation sites excluding steroid dienone is 2. The molecule has 8 heteroatoms. The van der Waals surface area contributed by atoms with Gasteiger partial charge < -0.3 is 10.6 Å². The molecule has 1 saturated heterocycles. The second-order valence-corrected chi connectivity index (χ2v) is 9.02. The maximum Gasteiger partial charge on any atom is 0.240 e. The van der Waals surface area contributed by atoms with Crippen molar-refractivity contribution in [2.45, 2.75) is 45.3 Å². The van der Waals surface area contributed by atoms with Crippen molar-refractivity contribution in [3.05, 3.63) is 41.7 Å². The standard InChI is InChI=1S/C20H23FN4O2S/c1-12-8-13(11-20(2,3)10-12)24-25-19-23-18(27)16(28-19)9-17(26)22-15-7-5-4-6-14(15)21/h4-8,16H,9-11H2,1-3H3,(H,22,26)(H,23,25,27)/b24-13-/t16-/m1/s1. The molecule has 0 spiro atoms. The van der Waals surface area contributed by atoms with E-state index in [2.05, 4.69) is 41.6 Å². The van der Waals surface area contributed by atoms with Gasteiger partial charge >= 0.3 is 0 Å². The first-order chi connectivity index (χ1) is 13.2. The lowest BCUT2D eigenvalue weighted by Gasteiger charge is -2.28. The van der Waals surface area contributed by atoms with Crippen LogP contribution in [-0.2, 0) is 9.59 Å². The molecule has 1 aliphatic carbocycles. The van der Waals surface area contributed by atoms with Crippen LogP contribution in [0.15, 0.2) is 46.1 Å². The van der Waals surface area contributed by atoms with E-state index >= 15 is 0 Å². The summed E-state index contributed by atoms with van der Waals surface area (Å²) in [4.78, 5) is 24.3. The molecule has 1 aromatic rings. The minimum absolute atomic E-state index is 0.0769. The predicted molar refractivity (Wildman–Crippen MR) is 111 cm³/mol. The molecule has 2 N–H and O–H groups in total. The third kappa shape index (κ3) is 5.28. The normalized spacial score (nSPS) is 24.2. The number of amidine groups is 1. The van der Waals surface area contributed by atoms with Crippen LogP contribution in [0.1, 0.15) is 40.0 Å². The molecule has 0 radical (unpaired) electrons. The summed E-state index contributed by atoms with van der Waals surface area (Å²) in [5.74, 6) is -1.25. The lowest BCUT2D eigenvalue weighted by atomic mass is 9.77. The number of amides is 2. The monoisotopic (exact) mass is 402 g/mol. The first-order valence-corrected chi connectivity index (χ1v) is 9.93. The first kappa shape index (κ1) is 20.3. The van der Waals surface area contributed by atoms with Gasteiger partial charge in [-0.15, -0.1) is 5.10 Å². The Balaban J connectivity index is 1.61. The molecule has 0 unspecified atom stereocenters. The largest absolute Gasteiger partial charge is 0.324 e. The molecular weight excluding hydrogens is 379 g/mol. The summed E-state index contributed by atoms with van der Waals surface area (Å²) in [5, 5.41) is 13.3. The van der Waals surface area contributed by atoms with Crippen molar-refractivity contribution in [1.29, 1.82) is 0 Å². The molecule has 6 nitrogen and oxygen atoms in total. The van der Waals surface area contributed by atoms with Gasteiger partial charge in [-0.2, -0.15) is 5.10 Å². The number of nitrogens with zero attached hydrogens (tertiary/aromatic N) is 2. The molecule has 3 rings (SSSR count). The summed E-state index contributed by atoms with van der Waals surface area (Å²) in [7, 11) is 0. The highest BCUT2D eigenvalue weighted by Crippen LogP contribution is 2.34. The molecule has 1 aromatic carbocycles. The van der Waals surface area contributed by atoms with E-state index in [9.17, 15) is 14.0 Å². The van der Waals surface area contributed by atoms with Crippen molar-refractivity contribution < 1.29 is 14.0 Å². The molecule has 1 aliphatic heterocycles. The van der Waals surface area contributed by atoms with Gasteiger partial charge in [0.15, 0.2) is 5.17 Å². The molecule has 0 bridgehead atoms. The summed E-state index contributed by atoms with van der Waals surface area (Å²) < 4.78 is 13.6. The Kier molecular flexibility index (Phi) is 5.98. The number of anilines is 1. The Labute approximate surface area is 167 Å². The Hall–Kier alpha value is -2.48. The topological polar surface area (TPSA) is 82.9 Å². The number of carbonyl (C=O) groups excluding carboxylic acids is 2. The molecule has 28 heavy (non-hydrogen) atoms. The van der Waals surface area contributed by atoms with Gasteiger partial charge in [0.1, 0.15) is 11.1 Å². The van der Waals surface area contributed by atoms with Crippen molar-refractivity contribution >= 4 is 40.1 Å². The van der Waals surface area contributed by atoms with E-state index in [-0.39, 0.29) is 23.4 Å². The van der Waals surface area contributed by atoms with Gasteiger partial charge in [0.25, 0.3) is 0 Å². The first-order valence-electron chi connectivity index (χ1n) is 9.05. The Morgan fingerprint density at radius 3 is 2.79 bits per heavy atom. The van der Waals surface area contributed by atoms with Crippen LogP contribution in [0.25, 0.3) is 0 Å². The van der Waals surface area contributed by atoms with Crippen molar-refractivity contribution in [2.24, 2.45) is 15.6 Å². The van der Waals surface area contributed by atoms with Crippen molar-refractivity contribution in [3.63, 3.8) is 0 Å². The van der Waals surface area contributed by atoms with Crippen LogP contribution >= 0.6 is 11.8 Å². The molecule has 148 valence electrons. The van der Waals surface area contributed by atoms with E-state index in [1.165, 1.54) is 17.7 Å². The Morgan fingerprint density at radius 2 is 2.07 bits per heavy atom. The summed E-state index contributed by atoms with van der Waals surface area (Å²) in [6.45, 7) is 6.44. The lowest BCUT2D eigenvalue weighted by Crippen LogP contribution is -2.28. The second kappa shape index (κ2) is 8.26. The predicted octanol–water partition coefficient (Wildman–Crippen LogP) is 3.86. The average Bonchev–Trinajstić information content (AvgIpc) is 2.93. The fourth-order valence-electron chi connectivity index (χ4n) is 3.39. The number of carbonyl (C=O) groups is 2. The summed E-state index contributed by atoms with van der Waals surface area (Å²) in [6, 6.07) is 5.90. The van der Waals surface area contributed by atoms with E-state index in [1.807, 2.05) is 6.08 Å². The van der Waals surface area contributed by atoms with Crippen molar-refractivity contribution in [1.82, 2.24) is 5.32 Å². The van der Waals surface area contributed by atoms with Gasteiger partial charge in [0.05, 0.1) is 11.4 Å². The van der Waals surface area contributed by atoms with Crippen molar-refractivity contribution in [3.8, 4) is 0 Å². The zero-order valence-corrected chi connectivity index (χ0v) is 16.9. The summed E-state index contributed by atoms with van der Waals surface area (Å²) in [6.07, 6.45) is 3.78. The fraction of sp³-hybridized carbons (Fsp3) is 0.400. The SMILES string of the molecule is CC1=C/C(=N/N=C2\NC(=O)[C@@H](CC(=O)Nc3ccccc3F)S2)CC(C)(C)C1. The van der Waals surface area contributed by atoms with Gasteiger partial charge in [-0.3, -0.25) is 9.59 Å². The van der Waals surface area contributed by atoms with Crippen LogP contribution in [0.4, 0.5) is 10.1 Å². The van der Waals surface area contributed by atoms with Crippen molar-refractivity contribution in [2.75, 3.05) is 5.32 Å². The molecule has 2 aliphatic rings. The van der Waals surface area contributed by atoms with E-state index in [1.54, 1.807) is 12.1 Å². The van der Waals surface area contributed by atoms with E-state index in [0.29, 0.717) is 5.17 Å². The minimum atomic E-state index is -0.620. The van der Waals surface area contributed by atoms with Gasteiger partial charge in [-0.05, 0) is 43.4 Å². The number of halogens is 1. The third-order valence-corrected chi connectivity index (χ3v) is 5.47. The highest BCUT2D eigenvalue weighted by atomic mass is 32.2. The Morgan fingerprint density at radius 1 is 1.32 bits per heavy atom. The maximum atomic E-state index is 13.6. The van der Waals surface area contributed by atoms with Gasteiger partial charge in [-0.1, -0.05) is 43.3 Å². The Bertz CT molecular complexity index is 892. The maximum absolute atomic E-state index is 13.6. The molecule has 1 heterocycles. The number of rotatable bonds is 4. The number of thioether (sulfide) groups is 1. The van der Waals surface area contributed by atoms with E-state index in [0.717, 1.165) is 30.3 Å². The van der Waals surface area contributed by atoms with Gasteiger partial charge in [0, 0.05) is 6.42 Å². The average molecular weight is 402 g/mol. The number of para-hydroxylation sites is 1. The summed E-state index contributed by atoms with van der Waals surface area (Å²) in [5.41, 5.74) is 2.35. The second-order valence-electron chi connectivity index (χ2n) is 7.83. The minimum Gasteiger partial charge on any atom is -0.324 e. The zero-order chi connectivity index (χ0) is 20.3. The van der Waals surface area contributed by atoms with Gasteiger partial charge in [0.2, 0.25) is 11.8 Å². The lowest BCUT2D eigenvalue weighted by molar-refractivity contribution is -0.122. The highest BCUT2D eigenvalue weighted by Gasteiger charge is 2.32. The van der Waals surface area contributed by atoms with Crippen LogP contribution in [0.2, 0.25) is 0 Å². The quantitative estimate of drug-likeness (QED) is 0.750. The molecule has 0 aromatic heterocycles. The summed E-state index contributed by atoms with van der Waals surface area (Å²) >= 11 is 1.16. The molecule has 1 atom stereocenters. The molecule has 1 fully saturated rings. The number of hydrogen-bond acceptors (Lipinski definition) is 5. The van der Waals surface area contributed by atoms with Crippen LogP contribution in [0.5, 0.6) is 0 Å². The zero-order valence-electron chi connectivity index (χ0n) is 16.1. The van der Waals surface area contributed by atoms with Crippen LogP contribution in [0, 0.1) is 11.2 Å².